The average molecular weight is 239 g/mol. The van der Waals surface area contributed by atoms with E-state index >= 15 is 0 Å². The molecule has 0 aromatic heterocycles. The van der Waals surface area contributed by atoms with E-state index in [0.29, 0.717) is 12.3 Å². The predicted molar refractivity (Wildman–Crippen MR) is 60.8 cm³/mol. The quantitative estimate of drug-likeness (QED) is 0.848. The van der Waals surface area contributed by atoms with Gasteiger partial charge in [0.25, 0.3) is 0 Å². The lowest BCUT2D eigenvalue weighted by Gasteiger charge is -2.24. The molecule has 0 radical (unpaired) electrons. The first-order valence-electron chi connectivity index (χ1n) is 5.54. The highest BCUT2D eigenvalue weighted by molar-refractivity contribution is 5.94. The van der Waals surface area contributed by atoms with E-state index in [1.165, 1.54) is 6.07 Å². The summed E-state index contributed by atoms with van der Waals surface area (Å²) in [5.74, 6) is -1.98. The number of rotatable bonds is 3. The van der Waals surface area contributed by atoms with Crippen LogP contribution in [-0.2, 0) is 4.74 Å². The standard InChI is InChI=1S/C12H14FNO3/c13-9-4-1-5-10(11(9)12(15)16)14-8-3-2-6-17-7-8/h1,4-5,8,14H,2-3,6-7H2,(H,15,16). The summed E-state index contributed by atoms with van der Waals surface area (Å²) in [7, 11) is 0. The first-order chi connectivity index (χ1) is 8.18. The number of aromatic carboxylic acids is 1. The highest BCUT2D eigenvalue weighted by Crippen LogP contribution is 2.21. The Hall–Kier alpha value is -1.62. The molecule has 2 rings (SSSR count). The van der Waals surface area contributed by atoms with E-state index in [1.54, 1.807) is 6.07 Å². The van der Waals surface area contributed by atoms with Crippen molar-refractivity contribution in [2.45, 2.75) is 18.9 Å². The van der Waals surface area contributed by atoms with Gasteiger partial charge in [0.2, 0.25) is 0 Å². The Labute approximate surface area is 98.4 Å². The number of hydrogen-bond acceptors (Lipinski definition) is 3. The van der Waals surface area contributed by atoms with E-state index in [2.05, 4.69) is 5.32 Å². The number of nitrogens with one attached hydrogen (secondary N) is 1. The van der Waals surface area contributed by atoms with Gasteiger partial charge < -0.3 is 15.2 Å². The molecule has 1 atom stereocenters. The maximum atomic E-state index is 13.4. The van der Waals surface area contributed by atoms with E-state index < -0.39 is 11.8 Å². The Bertz CT molecular complexity index is 416. The van der Waals surface area contributed by atoms with Crippen molar-refractivity contribution < 1.29 is 19.0 Å². The molecule has 0 bridgehead atoms. The minimum atomic E-state index is -1.26. The minimum absolute atomic E-state index is 0.0450. The number of carbonyl (C=O) groups is 1. The van der Waals surface area contributed by atoms with Crippen molar-refractivity contribution in [2.75, 3.05) is 18.5 Å². The summed E-state index contributed by atoms with van der Waals surface area (Å²) >= 11 is 0. The van der Waals surface area contributed by atoms with Gasteiger partial charge in [-0.05, 0) is 25.0 Å². The zero-order chi connectivity index (χ0) is 12.3. The Balaban J connectivity index is 2.19. The van der Waals surface area contributed by atoms with Gasteiger partial charge in [-0.3, -0.25) is 0 Å². The fraction of sp³-hybridized carbons (Fsp3) is 0.417. The highest BCUT2D eigenvalue weighted by Gasteiger charge is 2.19. The Morgan fingerprint density at radius 3 is 3.00 bits per heavy atom. The van der Waals surface area contributed by atoms with Crippen LogP contribution >= 0.6 is 0 Å². The van der Waals surface area contributed by atoms with Crippen LogP contribution in [-0.4, -0.2) is 30.3 Å². The van der Waals surface area contributed by atoms with Gasteiger partial charge in [0.15, 0.2) is 0 Å². The van der Waals surface area contributed by atoms with Crippen LogP contribution < -0.4 is 5.32 Å². The molecular weight excluding hydrogens is 225 g/mol. The summed E-state index contributed by atoms with van der Waals surface area (Å²) in [6.45, 7) is 1.25. The van der Waals surface area contributed by atoms with Crippen molar-refractivity contribution in [2.24, 2.45) is 0 Å². The molecule has 92 valence electrons. The molecule has 0 amide bonds. The molecule has 5 heteroatoms. The molecule has 1 aliphatic rings. The third-order valence-corrected chi connectivity index (χ3v) is 2.75. The average Bonchev–Trinajstić information content (AvgIpc) is 2.30. The Kier molecular flexibility index (Phi) is 3.58. The van der Waals surface area contributed by atoms with Gasteiger partial charge in [0.1, 0.15) is 11.4 Å². The number of carboxylic acids is 1. The summed E-state index contributed by atoms with van der Waals surface area (Å²) in [6.07, 6.45) is 1.82. The minimum Gasteiger partial charge on any atom is -0.478 e. The largest absolute Gasteiger partial charge is 0.478 e. The molecule has 0 saturated carbocycles. The van der Waals surface area contributed by atoms with Crippen molar-refractivity contribution in [3.63, 3.8) is 0 Å². The number of ether oxygens (including phenoxy) is 1. The molecule has 0 aliphatic carbocycles. The predicted octanol–water partition coefficient (Wildman–Crippen LogP) is 2.11. The van der Waals surface area contributed by atoms with E-state index in [0.717, 1.165) is 25.5 Å². The molecule has 1 aromatic rings. The number of anilines is 1. The van der Waals surface area contributed by atoms with Crippen LogP contribution in [0.25, 0.3) is 0 Å². The van der Waals surface area contributed by atoms with Crippen molar-refractivity contribution in [1.29, 1.82) is 0 Å². The van der Waals surface area contributed by atoms with Crippen LogP contribution in [0.4, 0.5) is 10.1 Å². The number of halogens is 1. The van der Waals surface area contributed by atoms with Crippen molar-refractivity contribution >= 4 is 11.7 Å². The van der Waals surface area contributed by atoms with Crippen LogP contribution in [0.3, 0.4) is 0 Å². The van der Waals surface area contributed by atoms with Gasteiger partial charge in [0, 0.05) is 12.6 Å². The van der Waals surface area contributed by atoms with Gasteiger partial charge >= 0.3 is 5.97 Å². The van der Waals surface area contributed by atoms with E-state index in [9.17, 15) is 9.18 Å². The molecule has 1 heterocycles. The van der Waals surface area contributed by atoms with Gasteiger partial charge in [0.05, 0.1) is 12.3 Å². The van der Waals surface area contributed by atoms with Gasteiger partial charge in [-0.2, -0.15) is 0 Å². The van der Waals surface area contributed by atoms with Crippen molar-refractivity contribution in [3.05, 3.63) is 29.6 Å². The molecule has 1 fully saturated rings. The zero-order valence-corrected chi connectivity index (χ0v) is 9.28. The topological polar surface area (TPSA) is 58.6 Å². The van der Waals surface area contributed by atoms with Crippen LogP contribution in [0.5, 0.6) is 0 Å². The monoisotopic (exact) mass is 239 g/mol. The van der Waals surface area contributed by atoms with Crippen LogP contribution in [0.2, 0.25) is 0 Å². The highest BCUT2D eigenvalue weighted by atomic mass is 19.1. The summed E-state index contributed by atoms with van der Waals surface area (Å²) in [5.41, 5.74) is 0.00562. The summed E-state index contributed by atoms with van der Waals surface area (Å²) in [5, 5.41) is 12.0. The smallest absolute Gasteiger partial charge is 0.340 e. The summed E-state index contributed by atoms with van der Waals surface area (Å²) in [6, 6.07) is 4.25. The number of carboxylic acid groups (broad SMARTS) is 1. The maximum absolute atomic E-state index is 13.4. The number of benzene rings is 1. The SMILES string of the molecule is O=C(O)c1c(F)cccc1NC1CCCOC1. The fourth-order valence-electron chi connectivity index (χ4n) is 1.94. The molecule has 1 aromatic carbocycles. The second-order valence-electron chi connectivity index (χ2n) is 4.03. The molecule has 1 saturated heterocycles. The van der Waals surface area contributed by atoms with Crippen LogP contribution in [0.15, 0.2) is 18.2 Å². The number of hydrogen-bond donors (Lipinski definition) is 2. The first kappa shape index (κ1) is 11.9. The Morgan fingerprint density at radius 2 is 2.35 bits per heavy atom. The van der Waals surface area contributed by atoms with Crippen LogP contribution in [0, 0.1) is 5.82 Å². The molecule has 1 unspecified atom stereocenters. The Morgan fingerprint density at radius 1 is 1.53 bits per heavy atom. The van der Waals surface area contributed by atoms with E-state index in [-0.39, 0.29) is 11.6 Å². The first-order valence-corrected chi connectivity index (χ1v) is 5.54. The lowest BCUT2D eigenvalue weighted by Crippen LogP contribution is -2.30. The van der Waals surface area contributed by atoms with Gasteiger partial charge in [-0.25, -0.2) is 9.18 Å². The second-order valence-corrected chi connectivity index (χ2v) is 4.03. The lowest BCUT2D eigenvalue weighted by molar-refractivity contribution is 0.0691. The molecular formula is C12H14FNO3. The van der Waals surface area contributed by atoms with Crippen molar-refractivity contribution in [1.82, 2.24) is 0 Å². The normalized spacial score (nSPS) is 19.9. The molecule has 0 spiro atoms. The van der Waals surface area contributed by atoms with Crippen molar-refractivity contribution in [3.8, 4) is 0 Å². The zero-order valence-electron chi connectivity index (χ0n) is 9.28. The lowest BCUT2D eigenvalue weighted by atomic mass is 10.1. The molecule has 17 heavy (non-hydrogen) atoms. The summed E-state index contributed by atoms with van der Waals surface area (Å²) < 4.78 is 18.7. The molecule has 4 nitrogen and oxygen atoms in total. The maximum Gasteiger partial charge on any atom is 0.340 e. The van der Waals surface area contributed by atoms with Crippen LogP contribution in [0.1, 0.15) is 23.2 Å². The molecule has 2 N–H and O–H groups in total. The van der Waals surface area contributed by atoms with Gasteiger partial charge in [-0.1, -0.05) is 6.07 Å². The second kappa shape index (κ2) is 5.14. The third-order valence-electron chi connectivity index (χ3n) is 2.75. The third kappa shape index (κ3) is 2.74. The molecule has 1 aliphatic heterocycles. The van der Waals surface area contributed by atoms with E-state index in [1.807, 2.05) is 0 Å². The van der Waals surface area contributed by atoms with Gasteiger partial charge in [-0.15, -0.1) is 0 Å². The fourth-order valence-corrected chi connectivity index (χ4v) is 1.94. The van der Waals surface area contributed by atoms with E-state index in [4.69, 9.17) is 9.84 Å². The summed E-state index contributed by atoms with van der Waals surface area (Å²) in [4.78, 5) is 11.0.